The molecule has 2 aliphatic heterocycles. The predicted octanol–water partition coefficient (Wildman–Crippen LogP) is 3.53. The van der Waals surface area contributed by atoms with E-state index in [0.29, 0.717) is 12.0 Å². The molecule has 162 valence electrons. The van der Waals surface area contributed by atoms with Crippen molar-refractivity contribution in [2.75, 3.05) is 39.3 Å². The number of nitrogens with zero attached hydrogens (tertiary/aromatic N) is 3. The third-order valence-corrected chi connectivity index (χ3v) is 7.68. The normalized spacial score (nSPS) is 27.6. The van der Waals surface area contributed by atoms with Gasteiger partial charge in [-0.3, -0.25) is 14.8 Å². The van der Waals surface area contributed by atoms with E-state index in [2.05, 4.69) is 44.9 Å². The lowest BCUT2D eigenvalue weighted by Crippen LogP contribution is -2.45. The Balaban J connectivity index is 1.25. The van der Waals surface area contributed by atoms with Crippen LogP contribution in [0.15, 0.2) is 22.5 Å². The number of aliphatic imine (C=N–C) groups is 1. The summed E-state index contributed by atoms with van der Waals surface area (Å²) in [6, 6.07) is 5.82. The lowest BCUT2D eigenvalue weighted by Gasteiger charge is -2.31. The van der Waals surface area contributed by atoms with Crippen LogP contribution in [0.25, 0.3) is 0 Å². The number of guanidine groups is 1. The van der Waals surface area contributed by atoms with Crippen molar-refractivity contribution < 1.29 is 0 Å². The Morgan fingerprint density at radius 1 is 1.14 bits per heavy atom. The van der Waals surface area contributed by atoms with Crippen LogP contribution >= 0.6 is 11.3 Å². The second-order valence-electron chi connectivity index (χ2n) is 9.11. The summed E-state index contributed by atoms with van der Waals surface area (Å²) < 4.78 is 0. The lowest BCUT2D eigenvalue weighted by molar-refractivity contribution is 0.172. The van der Waals surface area contributed by atoms with E-state index in [1.165, 1.54) is 76.0 Å². The number of likely N-dealkylation sites (tertiary alicyclic amines) is 2. The van der Waals surface area contributed by atoms with Crippen LogP contribution in [0.4, 0.5) is 0 Å². The predicted molar refractivity (Wildman–Crippen MR) is 124 cm³/mol. The van der Waals surface area contributed by atoms with E-state index in [0.717, 1.165) is 31.6 Å². The van der Waals surface area contributed by atoms with Gasteiger partial charge in [-0.05, 0) is 62.9 Å². The fourth-order valence-corrected chi connectivity index (χ4v) is 6.05. The van der Waals surface area contributed by atoms with E-state index in [-0.39, 0.29) is 0 Å². The zero-order valence-electron chi connectivity index (χ0n) is 18.1. The largest absolute Gasteiger partial charge is 0.357 e. The van der Waals surface area contributed by atoms with Crippen molar-refractivity contribution in [3.8, 4) is 0 Å². The van der Waals surface area contributed by atoms with Crippen molar-refractivity contribution in [3.63, 3.8) is 0 Å². The van der Waals surface area contributed by atoms with Crippen molar-refractivity contribution >= 4 is 17.3 Å². The molecule has 1 saturated carbocycles. The molecule has 1 aromatic rings. The van der Waals surface area contributed by atoms with Gasteiger partial charge >= 0.3 is 0 Å². The Bertz CT molecular complexity index is 625. The molecule has 2 saturated heterocycles. The summed E-state index contributed by atoms with van der Waals surface area (Å²) >= 11 is 1.88. The average Bonchev–Trinajstić information content (AvgIpc) is 3.49. The Kier molecular flexibility index (Phi) is 7.86. The molecule has 2 atom stereocenters. The van der Waals surface area contributed by atoms with Gasteiger partial charge in [-0.25, -0.2) is 0 Å². The Morgan fingerprint density at radius 3 is 2.83 bits per heavy atom. The van der Waals surface area contributed by atoms with E-state index in [1.807, 2.05) is 11.3 Å². The highest BCUT2D eigenvalue weighted by Crippen LogP contribution is 2.26. The minimum absolute atomic E-state index is 0.551. The van der Waals surface area contributed by atoms with Crippen LogP contribution in [0.2, 0.25) is 0 Å². The first-order valence-electron chi connectivity index (χ1n) is 11.8. The second-order valence-corrected chi connectivity index (χ2v) is 10.1. The molecule has 0 bridgehead atoms. The van der Waals surface area contributed by atoms with Gasteiger partial charge in [0.15, 0.2) is 5.96 Å². The monoisotopic (exact) mass is 417 g/mol. The van der Waals surface area contributed by atoms with Crippen LogP contribution in [0.3, 0.4) is 0 Å². The van der Waals surface area contributed by atoms with Crippen LogP contribution in [-0.2, 0) is 6.54 Å². The van der Waals surface area contributed by atoms with Gasteiger partial charge in [-0.1, -0.05) is 18.9 Å². The smallest absolute Gasteiger partial charge is 0.191 e. The van der Waals surface area contributed by atoms with Crippen LogP contribution in [0.5, 0.6) is 0 Å². The minimum atomic E-state index is 0.551. The van der Waals surface area contributed by atoms with E-state index < -0.39 is 0 Å². The first kappa shape index (κ1) is 21.1. The minimum Gasteiger partial charge on any atom is -0.357 e. The van der Waals surface area contributed by atoms with Gasteiger partial charge in [-0.15, -0.1) is 11.3 Å². The van der Waals surface area contributed by atoms with Gasteiger partial charge in [0.2, 0.25) is 0 Å². The van der Waals surface area contributed by atoms with Gasteiger partial charge in [-0.2, -0.15) is 0 Å². The summed E-state index contributed by atoms with van der Waals surface area (Å²) in [5.74, 6) is 1.71. The SMILES string of the molecule is CCNC(=NCC1CCCN(Cc2cccs2)C1)NC1CCN(C2CCCC2)C1. The Hall–Kier alpha value is -1.11. The molecule has 2 unspecified atom stereocenters. The highest BCUT2D eigenvalue weighted by atomic mass is 32.1. The van der Waals surface area contributed by atoms with Crippen molar-refractivity contribution in [2.24, 2.45) is 10.9 Å². The molecule has 0 aromatic carbocycles. The first-order valence-corrected chi connectivity index (χ1v) is 12.7. The maximum atomic E-state index is 5.01. The van der Waals surface area contributed by atoms with Gasteiger partial charge < -0.3 is 10.6 Å². The summed E-state index contributed by atoms with van der Waals surface area (Å²) in [7, 11) is 0. The van der Waals surface area contributed by atoms with Gasteiger partial charge in [0, 0.05) is 56.2 Å². The van der Waals surface area contributed by atoms with Crippen LogP contribution in [-0.4, -0.2) is 67.1 Å². The molecular weight excluding hydrogens is 378 g/mol. The van der Waals surface area contributed by atoms with Crippen molar-refractivity contribution in [1.29, 1.82) is 0 Å². The van der Waals surface area contributed by atoms with E-state index in [1.54, 1.807) is 0 Å². The molecule has 1 aromatic heterocycles. The molecule has 0 amide bonds. The standard InChI is InChI=1S/C23H39N5S/c1-2-24-23(26-20-11-13-28(17-20)21-8-3-4-9-21)25-15-19-7-5-12-27(16-19)18-22-10-6-14-29-22/h6,10,14,19-21H,2-5,7-9,11-13,15-18H2,1H3,(H2,24,25,26). The van der Waals surface area contributed by atoms with Crippen LogP contribution < -0.4 is 10.6 Å². The number of hydrogen-bond donors (Lipinski definition) is 2. The fourth-order valence-electron chi connectivity index (χ4n) is 5.31. The number of thiophene rings is 1. The van der Waals surface area contributed by atoms with Gasteiger partial charge in [0.25, 0.3) is 0 Å². The van der Waals surface area contributed by atoms with Crippen LogP contribution in [0, 0.1) is 5.92 Å². The third-order valence-electron chi connectivity index (χ3n) is 6.82. The second kappa shape index (κ2) is 10.8. The molecule has 2 N–H and O–H groups in total. The lowest BCUT2D eigenvalue weighted by atomic mass is 9.98. The summed E-state index contributed by atoms with van der Waals surface area (Å²) in [5, 5.41) is 9.42. The molecule has 6 heteroatoms. The summed E-state index contributed by atoms with van der Waals surface area (Å²) in [6.07, 6.45) is 9.52. The number of hydrogen-bond acceptors (Lipinski definition) is 4. The van der Waals surface area contributed by atoms with Crippen LogP contribution in [0.1, 0.15) is 56.7 Å². The third kappa shape index (κ3) is 6.19. The highest BCUT2D eigenvalue weighted by molar-refractivity contribution is 7.09. The molecule has 3 fully saturated rings. The summed E-state index contributed by atoms with van der Waals surface area (Å²) in [6.45, 7) is 10.00. The van der Waals surface area contributed by atoms with E-state index in [4.69, 9.17) is 4.99 Å². The first-order chi connectivity index (χ1) is 14.3. The Labute approximate surface area is 181 Å². The van der Waals surface area contributed by atoms with Crippen molar-refractivity contribution in [2.45, 2.75) is 70.5 Å². The number of nitrogens with one attached hydrogen (secondary N) is 2. The zero-order valence-corrected chi connectivity index (χ0v) is 18.9. The average molecular weight is 418 g/mol. The molecule has 1 aliphatic carbocycles. The molecule has 0 radical (unpaired) electrons. The molecule has 0 spiro atoms. The molecule has 3 aliphatic rings. The highest BCUT2D eigenvalue weighted by Gasteiger charge is 2.30. The maximum Gasteiger partial charge on any atom is 0.191 e. The van der Waals surface area contributed by atoms with E-state index >= 15 is 0 Å². The van der Waals surface area contributed by atoms with Crippen molar-refractivity contribution in [1.82, 2.24) is 20.4 Å². The molecule has 29 heavy (non-hydrogen) atoms. The molecule has 5 nitrogen and oxygen atoms in total. The Morgan fingerprint density at radius 2 is 2.03 bits per heavy atom. The summed E-state index contributed by atoms with van der Waals surface area (Å²) in [5.41, 5.74) is 0. The fraction of sp³-hybridized carbons (Fsp3) is 0.783. The van der Waals surface area contributed by atoms with Gasteiger partial charge in [0.1, 0.15) is 0 Å². The summed E-state index contributed by atoms with van der Waals surface area (Å²) in [4.78, 5) is 11.8. The van der Waals surface area contributed by atoms with Crippen molar-refractivity contribution in [3.05, 3.63) is 22.4 Å². The molecule has 3 heterocycles. The zero-order chi connectivity index (χ0) is 19.9. The number of piperidine rings is 1. The van der Waals surface area contributed by atoms with Gasteiger partial charge in [0.05, 0.1) is 0 Å². The maximum absolute atomic E-state index is 5.01. The molecule has 4 rings (SSSR count). The molecular formula is C23H39N5S. The topological polar surface area (TPSA) is 42.9 Å². The number of rotatable bonds is 7. The quantitative estimate of drug-likeness (QED) is 0.526. The van der Waals surface area contributed by atoms with E-state index in [9.17, 15) is 0 Å².